The maximum atomic E-state index is 11.3. The van der Waals surface area contributed by atoms with Crippen molar-refractivity contribution < 1.29 is 14.3 Å². The van der Waals surface area contributed by atoms with Crippen LogP contribution < -0.4 is 10.6 Å². The quantitative estimate of drug-likeness (QED) is 0.543. The summed E-state index contributed by atoms with van der Waals surface area (Å²) in [5.41, 5.74) is -0.473. The third kappa shape index (κ3) is 11.2. The van der Waals surface area contributed by atoms with E-state index < -0.39 is 5.60 Å². The predicted octanol–water partition coefficient (Wildman–Crippen LogP) is 2.21. The normalized spacial score (nSPS) is 10.9. The zero-order valence-corrected chi connectivity index (χ0v) is 12.0. The van der Waals surface area contributed by atoms with Crippen LogP contribution in [0.2, 0.25) is 0 Å². The van der Waals surface area contributed by atoms with Crippen LogP contribution in [-0.4, -0.2) is 30.7 Å². The van der Waals surface area contributed by atoms with Crippen LogP contribution in [0.25, 0.3) is 0 Å². The van der Waals surface area contributed by atoms with E-state index in [4.69, 9.17) is 4.74 Å². The van der Waals surface area contributed by atoms with Crippen molar-refractivity contribution in [2.24, 2.45) is 0 Å². The fourth-order valence-corrected chi connectivity index (χ4v) is 1.31. The number of carbonyl (C=O) groups is 2. The van der Waals surface area contributed by atoms with Crippen molar-refractivity contribution in [3.63, 3.8) is 0 Å². The highest BCUT2D eigenvalue weighted by molar-refractivity contribution is 5.75. The monoisotopic (exact) mass is 258 g/mol. The minimum Gasteiger partial charge on any atom is -0.460 e. The molecule has 2 N–H and O–H groups in total. The first kappa shape index (κ1) is 16.7. The molecule has 0 unspecified atom stereocenters. The highest BCUT2D eigenvalue weighted by Crippen LogP contribution is 2.07. The summed E-state index contributed by atoms with van der Waals surface area (Å²) in [6.07, 6.45) is 3.41. The summed E-state index contributed by atoms with van der Waals surface area (Å²) in [6.45, 7) is 8.54. The van der Waals surface area contributed by atoms with Gasteiger partial charge in [-0.15, -0.1) is 0 Å². The van der Waals surface area contributed by atoms with E-state index in [0.717, 1.165) is 19.3 Å². The molecule has 0 atom stereocenters. The predicted molar refractivity (Wildman–Crippen MR) is 71.4 cm³/mol. The number of unbranched alkanes of at least 4 members (excludes halogenated alkanes) is 2. The van der Waals surface area contributed by atoms with Gasteiger partial charge in [-0.2, -0.15) is 0 Å². The Morgan fingerprint density at radius 3 is 2.22 bits per heavy atom. The molecule has 5 heteroatoms. The average Bonchev–Trinajstić information content (AvgIpc) is 2.22. The van der Waals surface area contributed by atoms with Crippen molar-refractivity contribution in [3.8, 4) is 0 Å². The molecule has 0 bridgehead atoms. The minimum absolute atomic E-state index is 0.194. The van der Waals surface area contributed by atoms with Crippen LogP contribution in [0.15, 0.2) is 0 Å². The molecule has 0 saturated carbocycles. The molecule has 0 aromatic rings. The number of nitrogens with one attached hydrogen (secondary N) is 2. The van der Waals surface area contributed by atoms with E-state index in [-0.39, 0.29) is 18.4 Å². The third-order valence-corrected chi connectivity index (χ3v) is 2.10. The summed E-state index contributed by atoms with van der Waals surface area (Å²) in [5.74, 6) is -0.297. The summed E-state index contributed by atoms with van der Waals surface area (Å²) in [5, 5.41) is 5.36. The second-order valence-electron chi connectivity index (χ2n) is 5.23. The summed E-state index contributed by atoms with van der Waals surface area (Å²) in [6, 6.07) is -0.227. The molecule has 0 spiro atoms. The lowest BCUT2D eigenvalue weighted by atomic mass is 10.2. The molecule has 0 aliphatic heterocycles. The van der Waals surface area contributed by atoms with Gasteiger partial charge < -0.3 is 15.4 Å². The lowest BCUT2D eigenvalue weighted by molar-refractivity contribution is -0.154. The first-order valence-corrected chi connectivity index (χ1v) is 6.58. The highest BCUT2D eigenvalue weighted by atomic mass is 16.6. The van der Waals surface area contributed by atoms with Crippen LogP contribution >= 0.6 is 0 Å². The minimum atomic E-state index is -0.473. The van der Waals surface area contributed by atoms with E-state index in [1.54, 1.807) is 0 Å². The molecule has 0 aromatic carbocycles. The molecule has 0 aliphatic rings. The molecule has 0 rings (SSSR count). The number of esters is 1. The van der Waals surface area contributed by atoms with Gasteiger partial charge in [0.2, 0.25) is 0 Å². The molecule has 0 heterocycles. The Balaban J connectivity index is 3.53. The molecule has 0 saturated heterocycles. The third-order valence-electron chi connectivity index (χ3n) is 2.10. The van der Waals surface area contributed by atoms with Crippen molar-refractivity contribution in [1.29, 1.82) is 0 Å². The number of ether oxygens (including phenoxy) is 1. The van der Waals surface area contributed by atoms with Gasteiger partial charge >= 0.3 is 12.0 Å². The van der Waals surface area contributed by atoms with E-state index in [2.05, 4.69) is 17.6 Å². The van der Waals surface area contributed by atoms with E-state index in [1.807, 2.05) is 20.8 Å². The van der Waals surface area contributed by atoms with Gasteiger partial charge in [-0.1, -0.05) is 19.8 Å². The Bertz CT molecular complexity index is 259. The molecular weight excluding hydrogens is 232 g/mol. The number of hydrogen-bond donors (Lipinski definition) is 2. The number of rotatable bonds is 7. The summed E-state index contributed by atoms with van der Waals surface area (Å²) >= 11 is 0. The van der Waals surface area contributed by atoms with Gasteiger partial charge in [0, 0.05) is 13.1 Å². The molecular formula is C13H26N2O3. The van der Waals surface area contributed by atoms with Gasteiger partial charge in [-0.05, 0) is 27.2 Å². The second-order valence-corrected chi connectivity index (χ2v) is 5.23. The van der Waals surface area contributed by atoms with Crippen LogP contribution in [0.1, 0.15) is 53.4 Å². The maximum absolute atomic E-state index is 11.3. The topological polar surface area (TPSA) is 67.4 Å². The van der Waals surface area contributed by atoms with Crippen molar-refractivity contribution in [2.75, 3.05) is 13.1 Å². The standard InChI is InChI=1S/C13H26N2O3/c1-5-6-7-9-14-12(17)15-10-8-11(16)18-13(2,3)4/h5-10H2,1-4H3,(H2,14,15,17). The Kier molecular flexibility index (Phi) is 8.16. The fourth-order valence-electron chi connectivity index (χ4n) is 1.31. The van der Waals surface area contributed by atoms with Gasteiger partial charge in [0.1, 0.15) is 5.60 Å². The molecule has 0 fully saturated rings. The maximum Gasteiger partial charge on any atom is 0.314 e. The van der Waals surface area contributed by atoms with Crippen LogP contribution in [-0.2, 0) is 9.53 Å². The summed E-state index contributed by atoms with van der Waals surface area (Å²) < 4.78 is 5.12. The fraction of sp³-hybridized carbons (Fsp3) is 0.846. The Morgan fingerprint density at radius 2 is 1.67 bits per heavy atom. The number of hydrogen-bond acceptors (Lipinski definition) is 3. The number of urea groups is 1. The lowest BCUT2D eigenvalue weighted by Crippen LogP contribution is -2.37. The van der Waals surface area contributed by atoms with Gasteiger partial charge in [0.05, 0.1) is 6.42 Å². The lowest BCUT2D eigenvalue weighted by Gasteiger charge is -2.19. The summed E-state index contributed by atoms with van der Waals surface area (Å²) in [7, 11) is 0. The molecule has 0 aromatic heterocycles. The molecule has 106 valence electrons. The van der Waals surface area contributed by atoms with Crippen LogP contribution in [0.4, 0.5) is 4.79 Å². The number of amides is 2. The summed E-state index contributed by atoms with van der Waals surface area (Å²) in [4.78, 5) is 22.6. The zero-order valence-electron chi connectivity index (χ0n) is 12.0. The van der Waals surface area contributed by atoms with Gasteiger partial charge in [-0.3, -0.25) is 4.79 Å². The average molecular weight is 258 g/mol. The molecule has 0 radical (unpaired) electrons. The van der Waals surface area contributed by atoms with Crippen molar-refractivity contribution in [2.45, 2.75) is 59.0 Å². The van der Waals surface area contributed by atoms with Crippen molar-refractivity contribution in [1.82, 2.24) is 10.6 Å². The Morgan fingerprint density at radius 1 is 1.06 bits per heavy atom. The molecule has 5 nitrogen and oxygen atoms in total. The Labute approximate surface area is 110 Å². The van der Waals surface area contributed by atoms with E-state index in [0.29, 0.717) is 13.1 Å². The largest absolute Gasteiger partial charge is 0.460 e. The number of carbonyl (C=O) groups excluding carboxylic acids is 2. The van der Waals surface area contributed by atoms with Crippen LogP contribution in [0.5, 0.6) is 0 Å². The van der Waals surface area contributed by atoms with Gasteiger partial charge in [-0.25, -0.2) is 4.79 Å². The van der Waals surface area contributed by atoms with Gasteiger partial charge in [0.15, 0.2) is 0 Å². The first-order valence-electron chi connectivity index (χ1n) is 6.58. The Hall–Kier alpha value is -1.26. The van der Waals surface area contributed by atoms with Crippen LogP contribution in [0.3, 0.4) is 0 Å². The first-order chi connectivity index (χ1) is 8.35. The zero-order chi connectivity index (χ0) is 14.0. The second kappa shape index (κ2) is 8.78. The van der Waals surface area contributed by atoms with Crippen molar-refractivity contribution >= 4 is 12.0 Å². The molecule has 0 aliphatic carbocycles. The highest BCUT2D eigenvalue weighted by Gasteiger charge is 2.15. The van der Waals surface area contributed by atoms with Crippen molar-refractivity contribution in [3.05, 3.63) is 0 Å². The smallest absolute Gasteiger partial charge is 0.314 e. The molecule has 2 amide bonds. The van der Waals surface area contributed by atoms with Crippen LogP contribution in [0, 0.1) is 0 Å². The molecule has 18 heavy (non-hydrogen) atoms. The van der Waals surface area contributed by atoms with E-state index >= 15 is 0 Å². The van der Waals surface area contributed by atoms with E-state index in [9.17, 15) is 9.59 Å². The SMILES string of the molecule is CCCCCNC(=O)NCCC(=O)OC(C)(C)C. The van der Waals surface area contributed by atoms with Gasteiger partial charge in [0.25, 0.3) is 0 Å². The van der Waals surface area contributed by atoms with E-state index in [1.165, 1.54) is 0 Å².